The smallest absolute Gasteiger partial charge is 0.271 e. The van der Waals surface area contributed by atoms with Gasteiger partial charge in [0.15, 0.2) is 0 Å². The van der Waals surface area contributed by atoms with E-state index in [1.165, 1.54) is 22.4 Å². The van der Waals surface area contributed by atoms with Crippen LogP contribution in [-0.4, -0.2) is 38.8 Å². The van der Waals surface area contributed by atoms with Crippen LogP contribution in [0.2, 0.25) is 0 Å². The fourth-order valence-corrected chi connectivity index (χ4v) is 5.46. The van der Waals surface area contributed by atoms with Crippen molar-refractivity contribution < 1.29 is 4.79 Å². The number of fused-ring (bicyclic) bond motifs is 3. The van der Waals surface area contributed by atoms with Crippen molar-refractivity contribution in [2.24, 2.45) is 5.10 Å². The van der Waals surface area contributed by atoms with Gasteiger partial charge in [-0.2, -0.15) is 5.10 Å². The molecule has 180 valence electrons. The Morgan fingerprint density at radius 3 is 2.49 bits per heavy atom. The number of nitrogens with zero attached hydrogens (tertiary/aromatic N) is 3. The monoisotopic (exact) mass is 466 g/mol. The quantitative estimate of drug-likeness (QED) is 0.528. The molecule has 1 amide bonds. The van der Waals surface area contributed by atoms with E-state index in [1.54, 1.807) is 12.1 Å². The van der Waals surface area contributed by atoms with Crippen LogP contribution >= 0.6 is 0 Å². The standard InChI is InChI=1S/C30H34N4O/c1-6-34-16-10-13-21-17-24-26(19-27(21)34)30(2,3)25-18-22(33(4)5)14-15-23(25)28(24)31-32-29(35)20-11-8-7-9-12-20/h7-9,11-12,14-15,17-19H,6,10,13,16H2,1-5H3,(H,32,35)/b31-28-. The molecule has 0 atom stereocenters. The highest BCUT2D eigenvalue weighted by atomic mass is 16.2. The molecule has 2 aliphatic rings. The van der Waals surface area contributed by atoms with Crippen molar-refractivity contribution in [3.05, 3.63) is 94.0 Å². The first-order valence-electron chi connectivity index (χ1n) is 12.5. The lowest BCUT2D eigenvalue weighted by molar-refractivity contribution is 0.0955. The number of rotatable bonds is 4. The van der Waals surface area contributed by atoms with Crippen molar-refractivity contribution >= 4 is 23.0 Å². The molecule has 0 radical (unpaired) electrons. The van der Waals surface area contributed by atoms with Gasteiger partial charge in [0.1, 0.15) is 0 Å². The Labute approximate surface area is 208 Å². The lowest BCUT2D eigenvalue weighted by Crippen LogP contribution is -2.35. The average Bonchev–Trinajstić information content (AvgIpc) is 2.87. The van der Waals surface area contributed by atoms with Gasteiger partial charge in [-0.3, -0.25) is 4.79 Å². The van der Waals surface area contributed by atoms with E-state index in [0.29, 0.717) is 5.56 Å². The summed E-state index contributed by atoms with van der Waals surface area (Å²) in [5, 5.41) is 4.76. The van der Waals surface area contributed by atoms with Crippen LogP contribution in [0.4, 0.5) is 11.4 Å². The SMILES string of the molecule is CCN1CCCc2cc3c(cc21)C(C)(C)c1cc(N(C)C)ccc1/C3=N/NC(=O)c1ccccc1. The molecule has 1 N–H and O–H groups in total. The predicted molar refractivity (Wildman–Crippen MR) is 145 cm³/mol. The van der Waals surface area contributed by atoms with Crippen molar-refractivity contribution in [2.75, 3.05) is 37.0 Å². The Morgan fingerprint density at radius 1 is 1.03 bits per heavy atom. The van der Waals surface area contributed by atoms with Crippen molar-refractivity contribution in [3.63, 3.8) is 0 Å². The topological polar surface area (TPSA) is 47.9 Å². The van der Waals surface area contributed by atoms with Crippen LogP contribution in [0.3, 0.4) is 0 Å². The van der Waals surface area contributed by atoms with Crippen LogP contribution in [0.15, 0.2) is 65.8 Å². The fourth-order valence-electron chi connectivity index (χ4n) is 5.46. The van der Waals surface area contributed by atoms with Gasteiger partial charge in [0, 0.05) is 60.7 Å². The van der Waals surface area contributed by atoms with Crippen molar-refractivity contribution in [2.45, 2.75) is 39.0 Å². The van der Waals surface area contributed by atoms with Gasteiger partial charge < -0.3 is 9.80 Å². The van der Waals surface area contributed by atoms with Gasteiger partial charge in [-0.1, -0.05) is 38.1 Å². The highest BCUT2D eigenvalue weighted by Crippen LogP contribution is 2.45. The molecule has 0 bridgehead atoms. The lowest BCUT2D eigenvalue weighted by atomic mass is 9.67. The Hall–Kier alpha value is -3.60. The minimum absolute atomic E-state index is 0.203. The van der Waals surface area contributed by atoms with E-state index < -0.39 is 0 Å². The maximum atomic E-state index is 12.9. The Balaban J connectivity index is 1.69. The molecule has 0 fully saturated rings. The third-order valence-electron chi connectivity index (χ3n) is 7.50. The summed E-state index contributed by atoms with van der Waals surface area (Å²) in [6.45, 7) is 8.92. The normalized spacial score (nSPS) is 16.8. The zero-order valence-electron chi connectivity index (χ0n) is 21.4. The van der Waals surface area contributed by atoms with E-state index in [9.17, 15) is 4.79 Å². The van der Waals surface area contributed by atoms with Gasteiger partial charge in [-0.15, -0.1) is 0 Å². The van der Waals surface area contributed by atoms with Crippen molar-refractivity contribution in [3.8, 4) is 0 Å². The van der Waals surface area contributed by atoms with Gasteiger partial charge in [0.2, 0.25) is 0 Å². The summed E-state index contributed by atoms with van der Waals surface area (Å²) in [5.74, 6) is -0.203. The molecule has 1 aliphatic heterocycles. The summed E-state index contributed by atoms with van der Waals surface area (Å²) in [6.07, 6.45) is 2.22. The number of anilines is 2. The summed E-state index contributed by atoms with van der Waals surface area (Å²) in [4.78, 5) is 17.5. The second-order valence-electron chi connectivity index (χ2n) is 10.2. The summed E-state index contributed by atoms with van der Waals surface area (Å²) < 4.78 is 0. The van der Waals surface area contributed by atoms with Crippen molar-refractivity contribution in [1.82, 2.24) is 5.43 Å². The Morgan fingerprint density at radius 2 is 1.77 bits per heavy atom. The molecule has 5 rings (SSSR count). The van der Waals surface area contributed by atoms with E-state index >= 15 is 0 Å². The molecule has 5 nitrogen and oxygen atoms in total. The average molecular weight is 467 g/mol. The molecule has 5 heteroatoms. The van der Waals surface area contributed by atoms with Crippen LogP contribution in [-0.2, 0) is 11.8 Å². The highest BCUT2D eigenvalue weighted by Gasteiger charge is 2.38. The van der Waals surface area contributed by atoms with E-state index in [0.717, 1.165) is 48.5 Å². The molecular formula is C30H34N4O. The van der Waals surface area contributed by atoms with Crippen LogP contribution in [0.1, 0.15) is 65.4 Å². The summed E-state index contributed by atoms with van der Waals surface area (Å²) in [5.41, 5.74) is 12.6. The summed E-state index contributed by atoms with van der Waals surface area (Å²) in [6, 6.07) is 20.5. The van der Waals surface area contributed by atoms with Crippen LogP contribution in [0, 0.1) is 0 Å². The van der Waals surface area contributed by atoms with E-state index in [4.69, 9.17) is 5.10 Å². The van der Waals surface area contributed by atoms with Gasteiger partial charge in [-0.05, 0) is 72.9 Å². The highest BCUT2D eigenvalue weighted by molar-refractivity contribution is 6.17. The minimum atomic E-state index is -0.203. The zero-order chi connectivity index (χ0) is 24.7. The number of hydrazone groups is 1. The number of hydrogen-bond donors (Lipinski definition) is 1. The molecule has 0 aromatic heterocycles. The number of aryl methyl sites for hydroxylation is 1. The molecule has 0 spiro atoms. The van der Waals surface area contributed by atoms with Gasteiger partial charge in [0.25, 0.3) is 5.91 Å². The first kappa shape index (κ1) is 23.2. The van der Waals surface area contributed by atoms with E-state index in [2.05, 4.69) is 80.4 Å². The minimum Gasteiger partial charge on any atom is -0.378 e. The zero-order valence-corrected chi connectivity index (χ0v) is 21.4. The summed E-state index contributed by atoms with van der Waals surface area (Å²) in [7, 11) is 4.13. The number of hydrogen-bond acceptors (Lipinski definition) is 4. The number of carbonyl (C=O) groups excluding carboxylic acids is 1. The summed E-state index contributed by atoms with van der Waals surface area (Å²) >= 11 is 0. The van der Waals surface area contributed by atoms with Crippen LogP contribution < -0.4 is 15.2 Å². The van der Waals surface area contributed by atoms with Gasteiger partial charge in [-0.25, -0.2) is 5.43 Å². The molecule has 35 heavy (non-hydrogen) atoms. The van der Waals surface area contributed by atoms with E-state index in [-0.39, 0.29) is 11.3 Å². The first-order chi connectivity index (χ1) is 16.8. The number of amides is 1. The molecule has 3 aromatic rings. The second kappa shape index (κ2) is 8.88. The van der Waals surface area contributed by atoms with Crippen molar-refractivity contribution in [1.29, 1.82) is 0 Å². The number of benzene rings is 3. The maximum Gasteiger partial charge on any atom is 0.271 e. The first-order valence-corrected chi connectivity index (χ1v) is 12.5. The van der Waals surface area contributed by atoms with Gasteiger partial charge >= 0.3 is 0 Å². The molecule has 3 aromatic carbocycles. The number of nitrogens with one attached hydrogen (secondary N) is 1. The fraction of sp³-hybridized carbons (Fsp3) is 0.333. The molecule has 0 saturated carbocycles. The third kappa shape index (κ3) is 3.99. The lowest BCUT2D eigenvalue weighted by Gasteiger charge is -2.39. The molecular weight excluding hydrogens is 432 g/mol. The van der Waals surface area contributed by atoms with Crippen LogP contribution in [0.5, 0.6) is 0 Å². The second-order valence-corrected chi connectivity index (χ2v) is 10.2. The number of carbonyl (C=O) groups is 1. The van der Waals surface area contributed by atoms with Crippen LogP contribution in [0.25, 0.3) is 0 Å². The van der Waals surface area contributed by atoms with Gasteiger partial charge in [0.05, 0.1) is 5.71 Å². The Bertz CT molecular complexity index is 1310. The molecule has 0 saturated heterocycles. The largest absolute Gasteiger partial charge is 0.378 e. The predicted octanol–water partition coefficient (Wildman–Crippen LogP) is 5.35. The molecule has 0 unspecified atom stereocenters. The third-order valence-corrected chi connectivity index (χ3v) is 7.50. The maximum absolute atomic E-state index is 12.9. The van der Waals surface area contributed by atoms with E-state index in [1.807, 2.05) is 18.2 Å². The molecule has 1 aliphatic carbocycles. The molecule has 1 heterocycles. The Kier molecular flexibility index (Phi) is 5.87.